The van der Waals surface area contributed by atoms with Crippen LogP contribution >= 0.6 is 0 Å². The van der Waals surface area contributed by atoms with Gasteiger partial charge in [0.25, 0.3) is 0 Å². The molecule has 0 saturated carbocycles. The number of nitrogens with zero attached hydrogens (tertiary/aromatic N) is 3. The summed E-state index contributed by atoms with van der Waals surface area (Å²) in [7, 11) is 0. The van der Waals surface area contributed by atoms with Crippen LogP contribution < -0.4 is 4.90 Å². The molecule has 0 bridgehead atoms. The van der Waals surface area contributed by atoms with Gasteiger partial charge in [-0.15, -0.1) is 0 Å². The fraction of sp³-hybridized carbons (Fsp3) is 0. The van der Waals surface area contributed by atoms with E-state index in [9.17, 15) is 0 Å². The van der Waals surface area contributed by atoms with E-state index in [0.29, 0.717) is 0 Å². The van der Waals surface area contributed by atoms with Crippen molar-refractivity contribution in [1.82, 2.24) is 9.55 Å². The number of pyridine rings is 1. The van der Waals surface area contributed by atoms with E-state index in [4.69, 9.17) is 4.42 Å². The molecule has 0 saturated heterocycles. The van der Waals surface area contributed by atoms with Crippen molar-refractivity contribution in [2.24, 2.45) is 0 Å². The van der Waals surface area contributed by atoms with E-state index in [-0.39, 0.29) is 0 Å². The number of fused-ring (bicyclic) bond motifs is 7. The first-order chi connectivity index (χ1) is 21.3. The molecule has 0 fully saturated rings. The van der Waals surface area contributed by atoms with E-state index in [1.165, 1.54) is 32.6 Å². The molecule has 0 aliphatic rings. The Bertz CT molecular complexity index is 2470. The van der Waals surface area contributed by atoms with Gasteiger partial charge < -0.3 is 13.9 Å². The molecule has 0 aliphatic heterocycles. The zero-order chi connectivity index (χ0) is 28.3. The molecule has 9 aromatic rings. The topological polar surface area (TPSA) is 34.2 Å². The molecule has 0 atom stereocenters. The van der Waals surface area contributed by atoms with Gasteiger partial charge in [0.1, 0.15) is 0 Å². The summed E-state index contributed by atoms with van der Waals surface area (Å²) in [5.41, 5.74) is 8.16. The van der Waals surface area contributed by atoms with E-state index in [1.807, 2.05) is 18.3 Å². The lowest BCUT2D eigenvalue weighted by Gasteiger charge is -2.26. The number of anilines is 3. The Labute approximate surface area is 247 Å². The van der Waals surface area contributed by atoms with Crippen LogP contribution in [0.2, 0.25) is 0 Å². The Morgan fingerprint density at radius 1 is 0.535 bits per heavy atom. The first kappa shape index (κ1) is 23.8. The molecule has 9 rings (SSSR count). The second-order valence-electron chi connectivity index (χ2n) is 10.9. The quantitative estimate of drug-likeness (QED) is 0.218. The van der Waals surface area contributed by atoms with E-state index < -0.39 is 0 Å². The lowest BCUT2D eigenvalue weighted by molar-refractivity contribution is 0.667. The number of para-hydroxylation sites is 3. The SMILES string of the molecule is c1ccc(N(c2cccc(-n3c4ccccc4c4cc5ccccc5cc43)c2)c2cccc3c2oc2cnccc23)cc1. The van der Waals surface area contributed by atoms with Crippen LogP contribution in [0.4, 0.5) is 17.1 Å². The average molecular weight is 552 g/mol. The number of hydrogen-bond donors (Lipinski definition) is 0. The van der Waals surface area contributed by atoms with Crippen molar-refractivity contribution in [1.29, 1.82) is 0 Å². The number of furan rings is 1. The highest BCUT2D eigenvalue weighted by Crippen LogP contribution is 2.43. The summed E-state index contributed by atoms with van der Waals surface area (Å²) in [5, 5.41) is 7.10. The summed E-state index contributed by atoms with van der Waals surface area (Å²) < 4.78 is 8.84. The van der Waals surface area contributed by atoms with Crippen molar-refractivity contribution in [3.8, 4) is 5.69 Å². The fourth-order valence-electron chi connectivity index (χ4n) is 6.52. The molecular weight excluding hydrogens is 526 g/mol. The van der Waals surface area contributed by atoms with Gasteiger partial charge in [-0.2, -0.15) is 0 Å². The average Bonchev–Trinajstić information content (AvgIpc) is 3.60. The molecule has 43 heavy (non-hydrogen) atoms. The zero-order valence-electron chi connectivity index (χ0n) is 23.2. The van der Waals surface area contributed by atoms with Crippen LogP contribution in [0.5, 0.6) is 0 Å². The Morgan fingerprint density at radius 3 is 2.19 bits per heavy atom. The second-order valence-corrected chi connectivity index (χ2v) is 10.9. The third kappa shape index (κ3) is 3.67. The Kier molecular flexibility index (Phi) is 5.16. The Hall–Kier alpha value is -5.87. The van der Waals surface area contributed by atoms with Crippen molar-refractivity contribution in [2.45, 2.75) is 0 Å². The van der Waals surface area contributed by atoms with Crippen LogP contribution in [0, 0.1) is 0 Å². The molecule has 0 aliphatic carbocycles. The van der Waals surface area contributed by atoms with Gasteiger partial charge in [-0.3, -0.25) is 4.98 Å². The Morgan fingerprint density at radius 2 is 1.28 bits per heavy atom. The minimum absolute atomic E-state index is 0.782. The molecule has 4 heteroatoms. The number of hydrogen-bond acceptors (Lipinski definition) is 3. The maximum absolute atomic E-state index is 6.46. The van der Waals surface area contributed by atoms with Crippen LogP contribution in [0.25, 0.3) is 60.2 Å². The van der Waals surface area contributed by atoms with Gasteiger partial charge >= 0.3 is 0 Å². The van der Waals surface area contributed by atoms with Gasteiger partial charge in [0.15, 0.2) is 11.2 Å². The first-order valence-electron chi connectivity index (χ1n) is 14.5. The van der Waals surface area contributed by atoms with Crippen molar-refractivity contribution < 1.29 is 4.42 Å². The van der Waals surface area contributed by atoms with Crippen molar-refractivity contribution in [3.63, 3.8) is 0 Å². The summed E-state index contributed by atoms with van der Waals surface area (Å²) in [5.74, 6) is 0. The lowest BCUT2D eigenvalue weighted by atomic mass is 10.1. The summed E-state index contributed by atoms with van der Waals surface area (Å²) >= 11 is 0. The predicted molar refractivity (Wildman–Crippen MR) is 178 cm³/mol. The van der Waals surface area contributed by atoms with Crippen LogP contribution in [0.15, 0.2) is 156 Å². The normalized spacial score (nSPS) is 11.7. The van der Waals surface area contributed by atoms with E-state index in [2.05, 4.69) is 142 Å². The highest BCUT2D eigenvalue weighted by Gasteiger charge is 2.20. The second kappa shape index (κ2) is 9.33. The van der Waals surface area contributed by atoms with Gasteiger partial charge in [0, 0.05) is 44.8 Å². The smallest absolute Gasteiger partial charge is 0.159 e. The molecule has 3 aromatic heterocycles. The minimum atomic E-state index is 0.782. The van der Waals surface area contributed by atoms with Crippen molar-refractivity contribution in [3.05, 3.63) is 152 Å². The molecule has 3 heterocycles. The first-order valence-corrected chi connectivity index (χ1v) is 14.5. The maximum atomic E-state index is 6.46. The molecule has 4 nitrogen and oxygen atoms in total. The molecular formula is C39H25N3O. The molecule has 0 radical (unpaired) electrons. The number of aromatic nitrogens is 2. The van der Waals surface area contributed by atoms with Gasteiger partial charge in [-0.05, 0) is 71.4 Å². The molecule has 0 N–H and O–H groups in total. The third-order valence-electron chi connectivity index (χ3n) is 8.42. The molecule has 0 amide bonds. The monoisotopic (exact) mass is 551 g/mol. The predicted octanol–water partition coefficient (Wildman–Crippen LogP) is 10.7. The van der Waals surface area contributed by atoms with E-state index in [0.717, 1.165) is 44.7 Å². The Balaban J connectivity index is 1.31. The highest BCUT2D eigenvalue weighted by atomic mass is 16.3. The lowest BCUT2D eigenvalue weighted by Crippen LogP contribution is -2.10. The van der Waals surface area contributed by atoms with E-state index in [1.54, 1.807) is 6.20 Å². The van der Waals surface area contributed by atoms with Crippen LogP contribution in [-0.4, -0.2) is 9.55 Å². The van der Waals surface area contributed by atoms with Crippen LogP contribution in [0.3, 0.4) is 0 Å². The summed E-state index contributed by atoms with van der Waals surface area (Å²) in [6.45, 7) is 0. The molecule has 0 spiro atoms. The molecule has 6 aromatic carbocycles. The van der Waals surface area contributed by atoms with E-state index >= 15 is 0 Å². The molecule has 0 unspecified atom stereocenters. The fourth-order valence-corrected chi connectivity index (χ4v) is 6.52. The van der Waals surface area contributed by atoms with Gasteiger partial charge in [-0.25, -0.2) is 0 Å². The van der Waals surface area contributed by atoms with Gasteiger partial charge in [-0.1, -0.05) is 78.9 Å². The largest absolute Gasteiger partial charge is 0.452 e. The third-order valence-corrected chi connectivity index (χ3v) is 8.42. The highest BCUT2D eigenvalue weighted by molar-refractivity contribution is 6.14. The minimum Gasteiger partial charge on any atom is -0.452 e. The van der Waals surface area contributed by atoms with Crippen molar-refractivity contribution in [2.75, 3.05) is 4.90 Å². The molecule has 202 valence electrons. The van der Waals surface area contributed by atoms with Gasteiger partial charge in [0.2, 0.25) is 0 Å². The summed E-state index contributed by atoms with van der Waals surface area (Å²) in [6.07, 6.45) is 3.61. The maximum Gasteiger partial charge on any atom is 0.159 e. The van der Waals surface area contributed by atoms with Crippen LogP contribution in [-0.2, 0) is 0 Å². The standard InChI is InChI=1S/C39H25N3O/c1-2-12-28(13-3-1)41(36-19-9-17-33-32-20-21-40-25-38(32)43-39(33)36)29-14-8-15-30(24-29)42-35-18-7-6-16-31(35)34-22-26-10-4-5-11-27(26)23-37(34)42/h1-25H. The summed E-state index contributed by atoms with van der Waals surface area (Å²) in [4.78, 5) is 6.58. The van der Waals surface area contributed by atoms with Crippen molar-refractivity contribution >= 4 is 71.6 Å². The van der Waals surface area contributed by atoms with Gasteiger partial charge in [0.05, 0.1) is 22.9 Å². The van der Waals surface area contributed by atoms with Crippen LogP contribution in [0.1, 0.15) is 0 Å². The number of benzene rings is 6. The number of rotatable bonds is 4. The zero-order valence-corrected chi connectivity index (χ0v) is 23.2. The summed E-state index contributed by atoms with van der Waals surface area (Å²) in [6, 6.07) is 49.5.